The van der Waals surface area contributed by atoms with Crippen molar-refractivity contribution in [3.8, 4) is 11.3 Å². The van der Waals surface area contributed by atoms with E-state index in [0.29, 0.717) is 18.8 Å². The molecule has 1 fully saturated rings. The van der Waals surface area contributed by atoms with Crippen LogP contribution in [0.15, 0.2) is 61.1 Å². The van der Waals surface area contributed by atoms with Crippen molar-refractivity contribution in [1.29, 1.82) is 0 Å². The Morgan fingerprint density at radius 1 is 0.969 bits per heavy atom. The summed E-state index contributed by atoms with van der Waals surface area (Å²) in [6, 6.07) is 14.2. The van der Waals surface area contributed by atoms with Crippen LogP contribution >= 0.6 is 0 Å². The van der Waals surface area contributed by atoms with E-state index in [-0.39, 0.29) is 0 Å². The highest BCUT2D eigenvalue weighted by molar-refractivity contribution is 5.68. The van der Waals surface area contributed by atoms with Gasteiger partial charge in [-0.2, -0.15) is 0 Å². The molecule has 1 saturated heterocycles. The number of morpholine rings is 1. The number of aromatic nitrogens is 4. The second-order valence-corrected chi connectivity index (χ2v) is 7.60. The van der Waals surface area contributed by atoms with Crippen molar-refractivity contribution in [2.45, 2.75) is 0 Å². The Bertz CT molecular complexity index is 1170. The van der Waals surface area contributed by atoms with Crippen LogP contribution in [0.1, 0.15) is 0 Å². The van der Waals surface area contributed by atoms with Crippen molar-refractivity contribution in [2.75, 3.05) is 60.7 Å². The van der Waals surface area contributed by atoms with Crippen LogP contribution in [0.3, 0.4) is 0 Å². The standard InChI is InChI=1S/C23H26N8O/c24-18-3-6-21(28-16-18)25-7-8-27-23-29-20(15-22-26-9-10-31(22)23)17-1-4-19(5-2-17)30-11-13-32-14-12-30/h1-6,9-10,15-16H,7-8,11-14,24H2,(H,25,28)(H,27,29). The van der Waals surface area contributed by atoms with E-state index in [0.717, 1.165) is 55.0 Å². The van der Waals surface area contributed by atoms with E-state index >= 15 is 0 Å². The van der Waals surface area contributed by atoms with Gasteiger partial charge in [0.2, 0.25) is 5.95 Å². The van der Waals surface area contributed by atoms with Crippen molar-refractivity contribution in [1.82, 2.24) is 19.4 Å². The van der Waals surface area contributed by atoms with Gasteiger partial charge in [-0.1, -0.05) is 12.1 Å². The van der Waals surface area contributed by atoms with Crippen LogP contribution in [0.4, 0.5) is 23.1 Å². The van der Waals surface area contributed by atoms with E-state index in [9.17, 15) is 0 Å². The third kappa shape index (κ3) is 4.42. The number of anilines is 4. The van der Waals surface area contributed by atoms with Gasteiger partial charge in [0.15, 0.2) is 0 Å². The average Bonchev–Trinajstić information content (AvgIpc) is 3.32. The number of imidazole rings is 1. The van der Waals surface area contributed by atoms with E-state index in [4.69, 9.17) is 15.5 Å². The van der Waals surface area contributed by atoms with Gasteiger partial charge in [0.05, 0.1) is 30.8 Å². The van der Waals surface area contributed by atoms with E-state index in [1.54, 1.807) is 12.4 Å². The number of ether oxygens (including phenoxy) is 1. The molecule has 1 aliphatic heterocycles. The number of benzene rings is 1. The molecule has 32 heavy (non-hydrogen) atoms. The van der Waals surface area contributed by atoms with Crippen molar-refractivity contribution in [3.05, 3.63) is 61.1 Å². The number of rotatable bonds is 7. The summed E-state index contributed by atoms with van der Waals surface area (Å²) in [6.45, 7) is 4.76. The zero-order valence-corrected chi connectivity index (χ0v) is 17.7. The molecule has 0 amide bonds. The fourth-order valence-electron chi connectivity index (χ4n) is 3.74. The molecule has 4 heterocycles. The summed E-state index contributed by atoms with van der Waals surface area (Å²) >= 11 is 0. The highest BCUT2D eigenvalue weighted by atomic mass is 16.5. The van der Waals surface area contributed by atoms with Crippen LogP contribution in [-0.4, -0.2) is 58.7 Å². The van der Waals surface area contributed by atoms with Crippen molar-refractivity contribution in [2.24, 2.45) is 0 Å². The molecule has 0 bridgehead atoms. The number of nitrogen functional groups attached to an aromatic ring is 1. The fourth-order valence-corrected chi connectivity index (χ4v) is 3.74. The zero-order chi connectivity index (χ0) is 21.8. The summed E-state index contributed by atoms with van der Waals surface area (Å²) in [5, 5.41) is 6.68. The summed E-state index contributed by atoms with van der Waals surface area (Å²) in [5.41, 5.74) is 10.3. The number of pyridine rings is 1. The highest BCUT2D eigenvalue weighted by Crippen LogP contribution is 2.25. The minimum absolute atomic E-state index is 0.648. The molecule has 0 unspecified atom stereocenters. The van der Waals surface area contributed by atoms with Crippen LogP contribution < -0.4 is 21.3 Å². The first-order valence-corrected chi connectivity index (χ1v) is 10.7. The summed E-state index contributed by atoms with van der Waals surface area (Å²) in [4.78, 5) is 15.9. The maximum atomic E-state index is 5.68. The third-order valence-corrected chi connectivity index (χ3v) is 5.43. The molecule has 0 spiro atoms. The van der Waals surface area contributed by atoms with Gasteiger partial charge in [0.25, 0.3) is 0 Å². The third-order valence-electron chi connectivity index (χ3n) is 5.43. The van der Waals surface area contributed by atoms with E-state index in [1.807, 2.05) is 28.8 Å². The molecule has 9 heteroatoms. The Balaban J connectivity index is 1.29. The van der Waals surface area contributed by atoms with Gasteiger partial charge in [0.1, 0.15) is 11.5 Å². The summed E-state index contributed by atoms with van der Waals surface area (Å²) in [6.07, 6.45) is 5.33. The van der Waals surface area contributed by atoms with Crippen molar-refractivity contribution >= 4 is 28.8 Å². The Hall–Kier alpha value is -3.85. The lowest BCUT2D eigenvalue weighted by Gasteiger charge is -2.28. The zero-order valence-electron chi connectivity index (χ0n) is 17.7. The van der Waals surface area contributed by atoms with Crippen molar-refractivity contribution < 1.29 is 4.74 Å². The Morgan fingerprint density at radius 3 is 2.56 bits per heavy atom. The molecule has 5 rings (SSSR count). The minimum atomic E-state index is 0.648. The van der Waals surface area contributed by atoms with Crippen LogP contribution in [0.25, 0.3) is 16.9 Å². The predicted molar refractivity (Wildman–Crippen MR) is 127 cm³/mol. The lowest BCUT2D eigenvalue weighted by Crippen LogP contribution is -2.36. The first kappa shape index (κ1) is 20.1. The molecular weight excluding hydrogens is 404 g/mol. The second kappa shape index (κ2) is 9.11. The smallest absolute Gasteiger partial charge is 0.209 e. The quantitative estimate of drug-likeness (QED) is 0.385. The van der Waals surface area contributed by atoms with Crippen LogP contribution in [-0.2, 0) is 4.74 Å². The van der Waals surface area contributed by atoms with Gasteiger partial charge < -0.3 is 26.0 Å². The largest absolute Gasteiger partial charge is 0.397 e. The van der Waals surface area contributed by atoms with Crippen LogP contribution in [0, 0.1) is 0 Å². The Labute approximate surface area is 186 Å². The van der Waals surface area contributed by atoms with E-state index in [1.165, 1.54) is 5.69 Å². The molecule has 4 N–H and O–H groups in total. The molecule has 0 atom stereocenters. The number of nitrogens with one attached hydrogen (secondary N) is 2. The summed E-state index contributed by atoms with van der Waals surface area (Å²) in [5.74, 6) is 1.54. The number of hydrogen-bond acceptors (Lipinski definition) is 8. The van der Waals surface area contributed by atoms with Gasteiger partial charge in [-0.3, -0.25) is 4.40 Å². The average molecular weight is 431 g/mol. The number of nitrogens with two attached hydrogens (primary N) is 1. The first-order chi connectivity index (χ1) is 15.8. The molecule has 4 aromatic rings. The van der Waals surface area contributed by atoms with Gasteiger partial charge in [-0.15, -0.1) is 0 Å². The molecule has 0 aliphatic carbocycles. The number of fused-ring (bicyclic) bond motifs is 1. The molecule has 0 saturated carbocycles. The lowest BCUT2D eigenvalue weighted by molar-refractivity contribution is 0.122. The molecular formula is C23H26N8O. The maximum Gasteiger partial charge on any atom is 0.209 e. The molecule has 1 aromatic carbocycles. The van der Waals surface area contributed by atoms with E-state index < -0.39 is 0 Å². The van der Waals surface area contributed by atoms with Gasteiger partial charge in [-0.05, 0) is 24.3 Å². The maximum absolute atomic E-state index is 5.68. The minimum Gasteiger partial charge on any atom is -0.397 e. The summed E-state index contributed by atoms with van der Waals surface area (Å²) < 4.78 is 7.40. The highest BCUT2D eigenvalue weighted by Gasteiger charge is 2.12. The van der Waals surface area contributed by atoms with Gasteiger partial charge in [0, 0.05) is 55.9 Å². The monoisotopic (exact) mass is 430 g/mol. The fraction of sp³-hybridized carbons (Fsp3) is 0.261. The van der Waals surface area contributed by atoms with E-state index in [2.05, 4.69) is 49.8 Å². The van der Waals surface area contributed by atoms with Crippen molar-refractivity contribution in [3.63, 3.8) is 0 Å². The Morgan fingerprint density at radius 2 is 1.78 bits per heavy atom. The summed E-state index contributed by atoms with van der Waals surface area (Å²) in [7, 11) is 0. The first-order valence-electron chi connectivity index (χ1n) is 10.7. The SMILES string of the molecule is Nc1ccc(NCCNc2nc(-c3ccc(N4CCOCC4)cc3)cc3nccn23)nc1. The van der Waals surface area contributed by atoms with Crippen LogP contribution in [0.2, 0.25) is 0 Å². The second-order valence-electron chi connectivity index (χ2n) is 7.60. The topological polar surface area (TPSA) is 106 Å². The molecule has 3 aromatic heterocycles. The number of hydrogen-bond donors (Lipinski definition) is 3. The van der Waals surface area contributed by atoms with Crippen LogP contribution in [0.5, 0.6) is 0 Å². The van der Waals surface area contributed by atoms with Gasteiger partial charge >= 0.3 is 0 Å². The molecule has 164 valence electrons. The lowest BCUT2D eigenvalue weighted by atomic mass is 10.1. The Kier molecular flexibility index (Phi) is 5.71. The van der Waals surface area contributed by atoms with Gasteiger partial charge in [-0.25, -0.2) is 15.0 Å². The normalized spacial score (nSPS) is 13.9. The molecule has 0 radical (unpaired) electrons. The number of nitrogens with zero attached hydrogens (tertiary/aromatic N) is 5. The molecule has 1 aliphatic rings. The predicted octanol–water partition coefficient (Wildman–Crippen LogP) is 2.73. The molecule has 9 nitrogen and oxygen atoms in total.